The summed E-state index contributed by atoms with van der Waals surface area (Å²) in [6, 6.07) is 24.1. The molecule has 3 aromatic rings. The molecule has 0 aromatic heterocycles. The maximum Gasteiger partial charge on any atom is 0.255 e. The number of thioether (sulfide) groups is 1. The lowest BCUT2D eigenvalue weighted by atomic mass is 10.1. The molecule has 0 spiro atoms. The molecule has 0 saturated heterocycles. The Balaban J connectivity index is 1.30. The minimum atomic E-state index is -0.204. The molecule has 0 aliphatic carbocycles. The summed E-state index contributed by atoms with van der Waals surface area (Å²) < 4.78 is 0. The van der Waals surface area contributed by atoms with Crippen LogP contribution in [0.1, 0.15) is 22.3 Å². The smallest absolute Gasteiger partial charge is 0.255 e. The van der Waals surface area contributed by atoms with Gasteiger partial charge in [-0.1, -0.05) is 42.5 Å². The Morgan fingerprint density at radius 2 is 1.72 bits per heavy atom. The van der Waals surface area contributed by atoms with Gasteiger partial charge in [0.1, 0.15) is 0 Å². The zero-order chi connectivity index (χ0) is 22.3. The molecule has 6 nitrogen and oxygen atoms in total. The van der Waals surface area contributed by atoms with Gasteiger partial charge in [-0.25, -0.2) is 0 Å². The van der Waals surface area contributed by atoms with E-state index < -0.39 is 0 Å². The number of carbonyl (C=O) groups excluding carboxylic acids is 3. The topological polar surface area (TPSA) is 78.5 Å². The molecule has 162 valence electrons. The second kappa shape index (κ2) is 10.2. The summed E-state index contributed by atoms with van der Waals surface area (Å²) in [7, 11) is 0. The number of benzene rings is 3. The Bertz CT molecular complexity index is 1130. The molecule has 0 atom stereocenters. The Hall–Kier alpha value is -3.58. The number of hydrogen-bond acceptors (Lipinski definition) is 4. The lowest BCUT2D eigenvalue weighted by Crippen LogP contribution is -2.38. The van der Waals surface area contributed by atoms with Crippen molar-refractivity contribution in [3.63, 3.8) is 0 Å². The van der Waals surface area contributed by atoms with E-state index in [0.717, 1.165) is 21.8 Å². The van der Waals surface area contributed by atoms with Crippen LogP contribution >= 0.6 is 11.8 Å². The van der Waals surface area contributed by atoms with Crippen LogP contribution in [0.3, 0.4) is 0 Å². The summed E-state index contributed by atoms with van der Waals surface area (Å²) in [6.45, 7) is 0.646. The first kappa shape index (κ1) is 21.6. The number of nitrogens with one attached hydrogen (secondary N) is 2. The first-order valence-electron chi connectivity index (χ1n) is 10.3. The number of fused-ring (bicyclic) bond motifs is 1. The monoisotopic (exact) mass is 445 g/mol. The van der Waals surface area contributed by atoms with Gasteiger partial charge < -0.3 is 15.5 Å². The third kappa shape index (κ3) is 5.36. The molecule has 0 radical (unpaired) electrons. The largest absolute Gasteiger partial charge is 0.352 e. The van der Waals surface area contributed by atoms with Crippen LogP contribution in [0.15, 0.2) is 83.8 Å². The molecule has 3 aromatic carbocycles. The molecule has 0 bridgehead atoms. The molecule has 3 amide bonds. The molecule has 2 N–H and O–H groups in total. The Labute approximate surface area is 191 Å². The van der Waals surface area contributed by atoms with Crippen LogP contribution in [0.25, 0.3) is 0 Å². The maximum absolute atomic E-state index is 12.5. The first-order chi connectivity index (χ1) is 15.6. The average Bonchev–Trinajstić information content (AvgIpc) is 2.83. The lowest BCUT2D eigenvalue weighted by Gasteiger charge is -2.28. The summed E-state index contributed by atoms with van der Waals surface area (Å²) in [6.07, 6.45) is 0.207. The molecule has 1 aliphatic rings. The van der Waals surface area contributed by atoms with Crippen LogP contribution in [-0.4, -0.2) is 30.0 Å². The Morgan fingerprint density at radius 1 is 0.938 bits per heavy atom. The number of anilines is 2. The molecule has 0 saturated carbocycles. The van der Waals surface area contributed by atoms with E-state index in [1.165, 1.54) is 11.8 Å². The fourth-order valence-electron chi connectivity index (χ4n) is 3.45. The summed E-state index contributed by atoms with van der Waals surface area (Å²) in [5, 5.41) is 5.73. The Morgan fingerprint density at radius 3 is 2.56 bits per heavy atom. The second-order valence-electron chi connectivity index (χ2n) is 7.35. The fourth-order valence-corrected chi connectivity index (χ4v) is 4.38. The van der Waals surface area contributed by atoms with Crippen molar-refractivity contribution in [3.8, 4) is 0 Å². The number of carbonyl (C=O) groups is 3. The number of hydrogen-bond donors (Lipinski definition) is 2. The number of rotatable bonds is 7. The second-order valence-corrected chi connectivity index (χ2v) is 8.37. The molecule has 7 heteroatoms. The van der Waals surface area contributed by atoms with Crippen LogP contribution < -0.4 is 15.5 Å². The minimum Gasteiger partial charge on any atom is -0.352 e. The van der Waals surface area contributed by atoms with E-state index in [0.29, 0.717) is 24.4 Å². The zero-order valence-corrected chi connectivity index (χ0v) is 18.2. The van der Waals surface area contributed by atoms with Crippen molar-refractivity contribution in [2.24, 2.45) is 0 Å². The summed E-state index contributed by atoms with van der Waals surface area (Å²) >= 11 is 1.52. The van der Waals surface area contributed by atoms with Crippen molar-refractivity contribution in [3.05, 3.63) is 90.0 Å². The van der Waals surface area contributed by atoms with Gasteiger partial charge in [0.05, 0.1) is 11.4 Å². The Kier molecular flexibility index (Phi) is 6.87. The molecule has 1 heterocycles. The van der Waals surface area contributed by atoms with Gasteiger partial charge in [-0.2, -0.15) is 0 Å². The van der Waals surface area contributed by atoms with Crippen LogP contribution in [0.5, 0.6) is 0 Å². The normalized spacial score (nSPS) is 12.8. The van der Waals surface area contributed by atoms with E-state index in [1.54, 1.807) is 23.1 Å². The fraction of sp³-hybridized carbons (Fsp3) is 0.160. The maximum atomic E-state index is 12.5. The molecular weight excluding hydrogens is 422 g/mol. The molecule has 4 rings (SSSR count). The average molecular weight is 446 g/mol. The van der Waals surface area contributed by atoms with Crippen LogP contribution in [0, 0.1) is 0 Å². The van der Waals surface area contributed by atoms with Crippen LogP contribution in [-0.2, 0) is 16.1 Å². The highest BCUT2D eigenvalue weighted by Crippen LogP contribution is 2.34. The molecule has 32 heavy (non-hydrogen) atoms. The van der Waals surface area contributed by atoms with E-state index in [2.05, 4.69) is 10.6 Å². The van der Waals surface area contributed by atoms with Gasteiger partial charge in [0.25, 0.3) is 5.91 Å². The van der Waals surface area contributed by atoms with E-state index in [1.807, 2.05) is 60.7 Å². The van der Waals surface area contributed by atoms with Crippen molar-refractivity contribution in [1.29, 1.82) is 0 Å². The standard InChI is InChI=1S/C25H23N3O3S/c29-23(13-14-28-21-11-4-5-12-22(21)32-17-24(28)30)26-16-18-7-6-8-19(15-18)25(31)27-20-9-2-1-3-10-20/h1-12,15H,13-14,16-17H2,(H,26,29)(H,27,31). The quantitative estimate of drug-likeness (QED) is 0.574. The van der Waals surface area contributed by atoms with E-state index in [-0.39, 0.29) is 24.1 Å². The summed E-state index contributed by atoms with van der Waals surface area (Å²) in [5.41, 5.74) is 2.94. The number of nitrogens with zero attached hydrogens (tertiary/aromatic N) is 1. The van der Waals surface area contributed by atoms with Crippen molar-refractivity contribution in [2.75, 3.05) is 22.5 Å². The third-order valence-electron chi connectivity index (χ3n) is 5.08. The molecule has 0 unspecified atom stereocenters. The molecule has 0 fully saturated rings. The molecule has 1 aliphatic heterocycles. The van der Waals surface area contributed by atoms with Crippen LogP contribution in [0.2, 0.25) is 0 Å². The highest BCUT2D eigenvalue weighted by Gasteiger charge is 2.24. The van der Waals surface area contributed by atoms with E-state index in [4.69, 9.17) is 0 Å². The number of para-hydroxylation sites is 2. The van der Waals surface area contributed by atoms with Gasteiger partial charge in [-0.05, 0) is 42.0 Å². The highest BCUT2D eigenvalue weighted by molar-refractivity contribution is 8.00. The van der Waals surface area contributed by atoms with Gasteiger partial charge in [0.2, 0.25) is 11.8 Å². The lowest BCUT2D eigenvalue weighted by molar-refractivity contribution is -0.121. The van der Waals surface area contributed by atoms with Gasteiger partial charge >= 0.3 is 0 Å². The van der Waals surface area contributed by atoms with Crippen LogP contribution in [0.4, 0.5) is 11.4 Å². The summed E-state index contributed by atoms with van der Waals surface area (Å²) in [5.74, 6) is 0.0482. The zero-order valence-electron chi connectivity index (χ0n) is 17.4. The highest BCUT2D eigenvalue weighted by atomic mass is 32.2. The SMILES string of the molecule is O=C(CCN1C(=O)CSc2ccccc21)NCc1cccc(C(=O)Nc2ccccc2)c1. The van der Waals surface area contributed by atoms with E-state index >= 15 is 0 Å². The van der Waals surface area contributed by atoms with Gasteiger partial charge in [-0.15, -0.1) is 11.8 Å². The number of amides is 3. The third-order valence-corrected chi connectivity index (χ3v) is 6.13. The van der Waals surface area contributed by atoms with Crippen molar-refractivity contribution in [2.45, 2.75) is 17.9 Å². The van der Waals surface area contributed by atoms with Gasteiger partial charge in [0.15, 0.2) is 0 Å². The summed E-state index contributed by atoms with van der Waals surface area (Å²) in [4.78, 5) is 39.9. The van der Waals surface area contributed by atoms with E-state index in [9.17, 15) is 14.4 Å². The van der Waals surface area contributed by atoms with Gasteiger partial charge in [0, 0.05) is 35.7 Å². The first-order valence-corrected chi connectivity index (χ1v) is 11.3. The predicted octanol–water partition coefficient (Wildman–Crippen LogP) is 4.08. The van der Waals surface area contributed by atoms with Gasteiger partial charge in [-0.3, -0.25) is 14.4 Å². The van der Waals surface area contributed by atoms with Crippen molar-refractivity contribution >= 4 is 40.9 Å². The predicted molar refractivity (Wildman–Crippen MR) is 127 cm³/mol. The minimum absolute atomic E-state index is 0.0126. The molecular formula is C25H23N3O3S. The van der Waals surface area contributed by atoms with Crippen molar-refractivity contribution < 1.29 is 14.4 Å². The van der Waals surface area contributed by atoms with Crippen molar-refractivity contribution in [1.82, 2.24) is 5.32 Å².